The van der Waals surface area contributed by atoms with Crippen molar-refractivity contribution in [3.05, 3.63) is 29.8 Å². The maximum Gasteiger partial charge on any atom is 0.119 e. The van der Waals surface area contributed by atoms with E-state index >= 15 is 0 Å². The Morgan fingerprint density at radius 3 is 3.00 bits per heavy atom. The van der Waals surface area contributed by atoms with Crippen molar-refractivity contribution in [3.63, 3.8) is 0 Å². The molecule has 3 rings (SSSR count). The van der Waals surface area contributed by atoms with Gasteiger partial charge in [-0.2, -0.15) is 0 Å². The largest absolute Gasteiger partial charge is 0.497 e. The molecule has 3 atom stereocenters. The van der Waals surface area contributed by atoms with Gasteiger partial charge >= 0.3 is 0 Å². The summed E-state index contributed by atoms with van der Waals surface area (Å²) < 4.78 is 5.38. The third-order valence-corrected chi connectivity index (χ3v) is 5.14. The fourth-order valence-electron chi connectivity index (χ4n) is 4.03. The SMILES string of the molecule is COc1cccc([C@@]23CCC(O)CC2N(C)CC3)c1. The van der Waals surface area contributed by atoms with Crippen LogP contribution >= 0.6 is 0 Å². The maximum absolute atomic E-state index is 9.98. The molecule has 1 heterocycles. The molecule has 1 N–H and O–H groups in total. The topological polar surface area (TPSA) is 32.7 Å². The minimum absolute atomic E-state index is 0.135. The average molecular weight is 261 g/mol. The van der Waals surface area contributed by atoms with E-state index in [0.717, 1.165) is 31.6 Å². The van der Waals surface area contributed by atoms with E-state index in [1.54, 1.807) is 7.11 Å². The number of nitrogens with zero attached hydrogens (tertiary/aromatic N) is 1. The van der Waals surface area contributed by atoms with Crippen LogP contribution in [0.2, 0.25) is 0 Å². The minimum Gasteiger partial charge on any atom is -0.497 e. The molecule has 0 spiro atoms. The van der Waals surface area contributed by atoms with Gasteiger partial charge in [0.05, 0.1) is 13.2 Å². The predicted molar refractivity (Wildman–Crippen MR) is 75.6 cm³/mol. The third-order valence-electron chi connectivity index (χ3n) is 5.14. The van der Waals surface area contributed by atoms with Crippen LogP contribution in [0.25, 0.3) is 0 Å². The van der Waals surface area contributed by atoms with Crippen molar-refractivity contribution in [1.29, 1.82) is 0 Å². The number of hydrogen-bond acceptors (Lipinski definition) is 3. The number of likely N-dealkylation sites (N-methyl/N-ethyl adjacent to an activating group) is 1. The molecule has 0 radical (unpaired) electrons. The van der Waals surface area contributed by atoms with Crippen molar-refractivity contribution in [2.75, 3.05) is 20.7 Å². The molecule has 2 aliphatic rings. The van der Waals surface area contributed by atoms with E-state index in [2.05, 4.69) is 30.1 Å². The van der Waals surface area contributed by atoms with Crippen molar-refractivity contribution < 1.29 is 9.84 Å². The number of hydrogen-bond donors (Lipinski definition) is 1. The molecule has 0 bridgehead atoms. The summed E-state index contributed by atoms with van der Waals surface area (Å²) in [6.07, 6.45) is 3.95. The number of ether oxygens (including phenoxy) is 1. The van der Waals surface area contributed by atoms with Crippen LogP contribution in [0.15, 0.2) is 24.3 Å². The highest BCUT2D eigenvalue weighted by Gasteiger charge is 2.50. The lowest BCUT2D eigenvalue weighted by atomic mass is 9.65. The van der Waals surface area contributed by atoms with Crippen molar-refractivity contribution >= 4 is 0 Å². The summed E-state index contributed by atoms with van der Waals surface area (Å²) in [5.41, 5.74) is 1.59. The minimum atomic E-state index is -0.135. The highest BCUT2D eigenvalue weighted by Crippen LogP contribution is 2.48. The van der Waals surface area contributed by atoms with E-state index in [9.17, 15) is 5.11 Å². The van der Waals surface area contributed by atoms with Crippen LogP contribution in [0.3, 0.4) is 0 Å². The first-order valence-electron chi connectivity index (χ1n) is 7.18. The lowest BCUT2D eigenvalue weighted by molar-refractivity contribution is 0.0567. The molecule has 2 fully saturated rings. The van der Waals surface area contributed by atoms with Gasteiger partial charge in [0.25, 0.3) is 0 Å². The van der Waals surface area contributed by atoms with Crippen LogP contribution in [-0.2, 0) is 5.41 Å². The molecule has 1 saturated heterocycles. The lowest BCUT2D eigenvalue weighted by Gasteiger charge is -2.43. The van der Waals surface area contributed by atoms with Crippen LogP contribution in [0.4, 0.5) is 0 Å². The molecule has 1 saturated carbocycles. The highest BCUT2D eigenvalue weighted by atomic mass is 16.5. The second-order valence-corrected chi connectivity index (χ2v) is 6.06. The predicted octanol–water partition coefficient (Wildman–Crippen LogP) is 2.18. The molecule has 1 aromatic rings. The standard InChI is InChI=1S/C16H23NO2/c1-17-9-8-16(7-6-13(18)11-15(16)17)12-4-3-5-14(10-12)19-2/h3-5,10,13,15,18H,6-9,11H2,1-2H3/t13?,15?,16-/m0/s1. The van der Waals surface area contributed by atoms with E-state index < -0.39 is 0 Å². The Kier molecular flexibility index (Phi) is 3.27. The Labute approximate surface area is 115 Å². The second kappa shape index (κ2) is 4.80. The van der Waals surface area contributed by atoms with Crippen LogP contribution < -0.4 is 4.74 Å². The fourth-order valence-corrected chi connectivity index (χ4v) is 4.03. The smallest absolute Gasteiger partial charge is 0.119 e. The summed E-state index contributed by atoms with van der Waals surface area (Å²) in [5.74, 6) is 0.936. The Bertz CT molecular complexity index is 462. The van der Waals surface area contributed by atoms with E-state index in [0.29, 0.717) is 6.04 Å². The van der Waals surface area contributed by atoms with Gasteiger partial charge in [-0.1, -0.05) is 12.1 Å². The summed E-state index contributed by atoms with van der Waals surface area (Å²) in [6, 6.07) is 8.97. The summed E-state index contributed by atoms with van der Waals surface area (Å²) in [5, 5.41) is 9.98. The van der Waals surface area contributed by atoms with Gasteiger partial charge in [-0.15, -0.1) is 0 Å². The first-order chi connectivity index (χ1) is 9.15. The van der Waals surface area contributed by atoms with Gasteiger partial charge in [-0.3, -0.25) is 0 Å². The monoisotopic (exact) mass is 261 g/mol. The lowest BCUT2D eigenvalue weighted by Crippen LogP contribution is -2.47. The molecule has 19 heavy (non-hydrogen) atoms. The van der Waals surface area contributed by atoms with E-state index in [1.165, 1.54) is 12.0 Å². The number of aliphatic hydroxyl groups excluding tert-OH is 1. The molecule has 104 valence electrons. The van der Waals surface area contributed by atoms with Crippen molar-refractivity contribution in [2.24, 2.45) is 0 Å². The molecule has 1 aliphatic carbocycles. The first kappa shape index (κ1) is 12.9. The van der Waals surface area contributed by atoms with Crippen LogP contribution in [-0.4, -0.2) is 42.9 Å². The number of aliphatic hydroxyl groups is 1. The summed E-state index contributed by atoms with van der Waals surface area (Å²) >= 11 is 0. The molecule has 1 aliphatic heterocycles. The number of likely N-dealkylation sites (tertiary alicyclic amines) is 1. The second-order valence-electron chi connectivity index (χ2n) is 6.06. The Morgan fingerprint density at radius 2 is 2.21 bits per heavy atom. The van der Waals surface area contributed by atoms with E-state index in [4.69, 9.17) is 4.74 Å². The summed E-state index contributed by atoms with van der Waals surface area (Å²) in [4.78, 5) is 2.42. The highest BCUT2D eigenvalue weighted by molar-refractivity contribution is 5.37. The summed E-state index contributed by atoms with van der Waals surface area (Å²) in [7, 11) is 3.91. The number of rotatable bonds is 2. The van der Waals surface area contributed by atoms with E-state index in [1.807, 2.05) is 6.07 Å². The van der Waals surface area contributed by atoms with Gasteiger partial charge in [0.1, 0.15) is 5.75 Å². The van der Waals surface area contributed by atoms with Crippen molar-refractivity contribution in [3.8, 4) is 5.75 Å². The third kappa shape index (κ3) is 2.05. The Hall–Kier alpha value is -1.06. The molecule has 0 amide bonds. The Morgan fingerprint density at radius 1 is 1.37 bits per heavy atom. The van der Waals surface area contributed by atoms with Crippen molar-refractivity contribution in [1.82, 2.24) is 4.90 Å². The van der Waals surface area contributed by atoms with Crippen LogP contribution in [0.5, 0.6) is 5.75 Å². The van der Waals surface area contributed by atoms with Crippen LogP contribution in [0, 0.1) is 0 Å². The molecule has 3 nitrogen and oxygen atoms in total. The van der Waals surface area contributed by atoms with Gasteiger partial charge in [-0.25, -0.2) is 0 Å². The molecular formula is C16H23NO2. The van der Waals surface area contributed by atoms with E-state index in [-0.39, 0.29) is 11.5 Å². The van der Waals surface area contributed by atoms with Gasteiger partial charge < -0.3 is 14.7 Å². The average Bonchev–Trinajstić information content (AvgIpc) is 2.78. The first-order valence-corrected chi connectivity index (χ1v) is 7.18. The molecule has 0 aromatic heterocycles. The Balaban J connectivity index is 1.99. The zero-order valence-electron chi connectivity index (χ0n) is 11.8. The van der Waals surface area contributed by atoms with Gasteiger partial charge in [0.2, 0.25) is 0 Å². The van der Waals surface area contributed by atoms with Crippen molar-refractivity contribution in [2.45, 2.75) is 43.2 Å². The summed E-state index contributed by atoms with van der Waals surface area (Å²) in [6.45, 7) is 1.12. The van der Waals surface area contributed by atoms with Gasteiger partial charge in [0.15, 0.2) is 0 Å². The zero-order chi connectivity index (χ0) is 13.5. The maximum atomic E-state index is 9.98. The molecule has 3 heteroatoms. The molecule has 1 aromatic carbocycles. The normalized spacial score (nSPS) is 35.1. The molecular weight excluding hydrogens is 238 g/mol. The quantitative estimate of drug-likeness (QED) is 0.885. The number of fused-ring (bicyclic) bond motifs is 1. The fraction of sp³-hybridized carbons (Fsp3) is 0.625. The number of benzene rings is 1. The van der Waals surface area contributed by atoms with Gasteiger partial charge in [0, 0.05) is 11.5 Å². The van der Waals surface area contributed by atoms with Crippen LogP contribution in [0.1, 0.15) is 31.2 Å². The molecule has 2 unspecified atom stereocenters. The van der Waals surface area contributed by atoms with Gasteiger partial charge in [-0.05, 0) is 57.0 Å². The zero-order valence-corrected chi connectivity index (χ0v) is 11.8. The number of methoxy groups -OCH3 is 1.